The number of nitro benzene ring substituents is 1. The van der Waals surface area contributed by atoms with E-state index in [1.54, 1.807) is 31.4 Å². The van der Waals surface area contributed by atoms with E-state index in [1.165, 1.54) is 12.1 Å². The largest absolute Gasteiger partial charge is 0.508 e. The fourth-order valence-electron chi connectivity index (χ4n) is 1.61. The number of phenols is 1. The van der Waals surface area contributed by atoms with Gasteiger partial charge in [-0.15, -0.1) is 0 Å². The summed E-state index contributed by atoms with van der Waals surface area (Å²) in [6.45, 7) is 0. The van der Waals surface area contributed by atoms with E-state index in [9.17, 15) is 15.2 Å². The maximum atomic E-state index is 10.9. The van der Waals surface area contributed by atoms with Crippen LogP contribution >= 0.6 is 0 Å². The molecule has 0 aliphatic rings. The van der Waals surface area contributed by atoms with Crippen LogP contribution in [0.3, 0.4) is 0 Å². The molecule has 2 aromatic carbocycles. The SMILES string of the molecule is COc1ccc(Nc2ccc(O)cc2[N+](=O)[O-])cc1. The van der Waals surface area contributed by atoms with E-state index in [2.05, 4.69) is 5.32 Å². The van der Waals surface area contributed by atoms with Crippen LogP contribution in [0.1, 0.15) is 0 Å². The fraction of sp³-hybridized carbons (Fsp3) is 0.0769. The molecule has 0 saturated heterocycles. The molecule has 0 fully saturated rings. The molecular weight excluding hydrogens is 248 g/mol. The first-order valence-corrected chi connectivity index (χ1v) is 5.48. The third-order valence-electron chi connectivity index (χ3n) is 2.55. The summed E-state index contributed by atoms with van der Waals surface area (Å²) >= 11 is 0. The molecule has 98 valence electrons. The molecule has 2 aromatic rings. The third-order valence-corrected chi connectivity index (χ3v) is 2.55. The molecule has 6 nitrogen and oxygen atoms in total. The Balaban J connectivity index is 2.29. The van der Waals surface area contributed by atoms with Gasteiger partial charge in [0.15, 0.2) is 0 Å². The number of phenolic OH excluding ortho intramolecular Hbond substituents is 1. The van der Waals surface area contributed by atoms with Gasteiger partial charge in [-0.1, -0.05) is 0 Å². The second kappa shape index (κ2) is 5.26. The van der Waals surface area contributed by atoms with Crippen molar-refractivity contribution in [2.75, 3.05) is 12.4 Å². The quantitative estimate of drug-likeness (QED) is 0.501. The molecule has 0 unspecified atom stereocenters. The molecule has 0 amide bonds. The molecule has 0 saturated carbocycles. The van der Waals surface area contributed by atoms with Crippen LogP contribution in [-0.2, 0) is 0 Å². The zero-order valence-corrected chi connectivity index (χ0v) is 10.2. The van der Waals surface area contributed by atoms with Crippen LogP contribution in [0.5, 0.6) is 11.5 Å². The maximum absolute atomic E-state index is 10.9. The molecule has 6 heteroatoms. The number of rotatable bonds is 4. The monoisotopic (exact) mass is 260 g/mol. The van der Waals surface area contributed by atoms with Gasteiger partial charge in [-0.3, -0.25) is 10.1 Å². The normalized spacial score (nSPS) is 9.95. The summed E-state index contributed by atoms with van der Waals surface area (Å²) in [5.41, 5.74) is 0.818. The topological polar surface area (TPSA) is 84.6 Å². The van der Waals surface area contributed by atoms with Crippen molar-refractivity contribution in [3.8, 4) is 11.5 Å². The molecule has 0 aliphatic carbocycles. The Labute approximate surface area is 109 Å². The van der Waals surface area contributed by atoms with E-state index >= 15 is 0 Å². The molecule has 0 heterocycles. The van der Waals surface area contributed by atoms with E-state index in [4.69, 9.17) is 4.74 Å². The lowest BCUT2D eigenvalue weighted by atomic mass is 10.2. The van der Waals surface area contributed by atoms with Crippen LogP contribution in [0.4, 0.5) is 17.1 Å². The van der Waals surface area contributed by atoms with E-state index in [1.807, 2.05) is 0 Å². The molecule has 0 radical (unpaired) electrons. The average Bonchev–Trinajstić information content (AvgIpc) is 2.41. The van der Waals surface area contributed by atoms with Gasteiger partial charge in [0, 0.05) is 5.69 Å². The van der Waals surface area contributed by atoms with Crippen LogP contribution in [0.15, 0.2) is 42.5 Å². The summed E-state index contributed by atoms with van der Waals surface area (Å²) in [5.74, 6) is 0.553. The first-order valence-electron chi connectivity index (χ1n) is 5.48. The Kier molecular flexibility index (Phi) is 3.51. The van der Waals surface area contributed by atoms with E-state index in [0.717, 1.165) is 6.07 Å². The maximum Gasteiger partial charge on any atom is 0.296 e. The standard InChI is InChI=1S/C13H12N2O4/c1-19-11-5-2-9(3-6-11)14-12-7-4-10(16)8-13(12)15(17)18/h2-8,14,16H,1H3. The number of nitrogens with zero attached hydrogens (tertiary/aromatic N) is 1. The smallest absolute Gasteiger partial charge is 0.296 e. The summed E-state index contributed by atoms with van der Waals surface area (Å²) in [7, 11) is 1.56. The Hall–Kier alpha value is -2.76. The van der Waals surface area contributed by atoms with E-state index < -0.39 is 4.92 Å². The number of hydrogen-bond acceptors (Lipinski definition) is 5. The first kappa shape index (κ1) is 12.7. The summed E-state index contributed by atoms with van der Waals surface area (Å²) in [6, 6.07) is 10.9. The molecule has 0 bridgehead atoms. The van der Waals surface area contributed by atoms with Crippen LogP contribution in [0.25, 0.3) is 0 Å². The van der Waals surface area contributed by atoms with Gasteiger partial charge in [-0.25, -0.2) is 0 Å². The zero-order chi connectivity index (χ0) is 13.8. The van der Waals surface area contributed by atoms with E-state index in [0.29, 0.717) is 17.1 Å². The highest BCUT2D eigenvalue weighted by molar-refractivity contribution is 5.70. The molecule has 0 aromatic heterocycles. The van der Waals surface area contributed by atoms with Gasteiger partial charge in [0.25, 0.3) is 5.69 Å². The highest BCUT2D eigenvalue weighted by atomic mass is 16.6. The van der Waals surface area contributed by atoms with Crippen LogP contribution in [-0.4, -0.2) is 17.1 Å². The van der Waals surface area contributed by atoms with Gasteiger partial charge in [-0.2, -0.15) is 0 Å². The van der Waals surface area contributed by atoms with Gasteiger partial charge in [0.2, 0.25) is 0 Å². The second-order valence-electron chi connectivity index (χ2n) is 3.81. The van der Waals surface area contributed by atoms with Crippen molar-refractivity contribution in [3.05, 3.63) is 52.6 Å². The number of anilines is 2. The van der Waals surface area contributed by atoms with Crippen LogP contribution in [0.2, 0.25) is 0 Å². The van der Waals surface area contributed by atoms with Gasteiger partial charge >= 0.3 is 0 Å². The third kappa shape index (κ3) is 2.92. The highest BCUT2D eigenvalue weighted by Gasteiger charge is 2.14. The predicted molar refractivity (Wildman–Crippen MR) is 71.0 cm³/mol. The lowest BCUT2D eigenvalue weighted by molar-refractivity contribution is -0.384. The van der Waals surface area contributed by atoms with Crippen molar-refractivity contribution in [2.45, 2.75) is 0 Å². The number of methoxy groups -OCH3 is 1. The second-order valence-corrected chi connectivity index (χ2v) is 3.81. The van der Waals surface area contributed by atoms with Crippen molar-refractivity contribution in [1.82, 2.24) is 0 Å². The first-order chi connectivity index (χ1) is 9.10. The number of benzene rings is 2. The molecule has 19 heavy (non-hydrogen) atoms. The average molecular weight is 260 g/mol. The van der Waals surface area contributed by atoms with E-state index in [-0.39, 0.29) is 11.4 Å². The lowest BCUT2D eigenvalue weighted by Gasteiger charge is -2.08. The van der Waals surface area contributed by atoms with Crippen LogP contribution < -0.4 is 10.1 Å². The van der Waals surface area contributed by atoms with Gasteiger partial charge < -0.3 is 15.2 Å². The molecule has 2 rings (SSSR count). The molecule has 2 N–H and O–H groups in total. The number of nitrogens with one attached hydrogen (secondary N) is 1. The minimum absolute atomic E-state index is 0.146. The van der Waals surface area contributed by atoms with Crippen molar-refractivity contribution >= 4 is 17.1 Å². The van der Waals surface area contributed by atoms with Gasteiger partial charge in [0.1, 0.15) is 17.2 Å². The number of ether oxygens (including phenoxy) is 1. The van der Waals surface area contributed by atoms with Gasteiger partial charge in [0.05, 0.1) is 18.1 Å². The van der Waals surface area contributed by atoms with Crippen molar-refractivity contribution < 1.29 is 14.8 Å². The number of hydrogen-bond donors (Lipinski definition) is 2. The minimum Gasteiger partial charge on any atom is -0.508 e. The summed E-state index contributed by atoms with van der Waals surface area (Å²) in [4.78, 5) is 10.3. The molecule has 0 aliphatic heterocycles. The molecule has 0 atom stereocenters. The Morgan fingerprint density at radius 1 is 1.21 bits per heavy atom. The zero-order valence-electron chi connectivity index (χ0n) is 10.2. The lowest BCUT2D eigenvalue weighted by Crippen LogP contribution is -1.96. The number of aromatic hydroxyl groups is 1. The minimum atomic E-state index is -0.550. The molecule has 0 spiro atoms. The highest BCUT2D eigenvalue weighted by Crippen LogP contribution is 2.31. The Morgan fingerprint density at radius 2 is 1.89 bits per heavy atom. The predicted octanol–water partition coefficient (Wildman–Crippen LogP) is 3.05. The van der Waals surface area contributed by atoms with Gasteiger partial charge in [-0.05, 0) is 36.4 Å². The summed E-state index contributed by atoms with van der Waals surface area (Å²) in [6.07, 6.45) is 0. The Morgan fingerprint density at radius 3 is 2.47 bits per heavy atom. The van der Waals surface area contributed by atoms with Crippen molar-refractivity contribution in [3.63, 3.8) is 0 Å². The van der Waals surface area contributed by atoms with Crippen molar-refractivity contribution in [2.24, 2.45) is 0 Å². The summed E-state index contributed by atoms with van der Waals surface area (Å²) < 4.78 is 5.03. The summed E-state index contributed by atoms with van der Waals surface area (Å²) in [5, 5.41) is 23.1. The Bertz CT molecular complexity index is 596. The van der Waals surface area contributed by atoms with Crippen molar-refractivity contribution in [1.29, 1.82) is 0 Å². The fourth-order valence-corrected chi connectivity index (χ4v) is 1.61. The molecular formula is C13H12N2O4. The van der Waals surface area contributed by atoms with Crippen LogP contribution in [0, 0.1) is 10.1 Å². The number of nitro groups is 1.